The second-order valence-electron chi connectivity index (χ2n) is 4.66. The van der Waals surface area contributed by atoms with Crippen LogP contribution < -0.4 is 16.4 Å². The zero-order valence-corrected chi connectivity index (χ0v) is 13.8. The van der Waals surface area contributed by atoms with Gasteiger partial charge in [0, 0.05) is 4.47 Å². The third kappa shape index (κ3) is 5.90. The standard InChI is InChI=1S/C13H18BrN3O2.ClH/c1-13(2,9-3-5-10(14)6-4-9)17-12(19)8-16-11(18)7-15;/h3-6H,7-8,15H2,1-2H3,(H,16,18)(H,17,19);1H. The van der Waals surface area contributed by atoms with Crippen LogP contribution in [0.1, 0.15) is 19.4 Å². The predicted octanol–water partition coefficient (Wildman–Crippen LogP) is 1.30. The van der Waals surface area contributed by atoms with Gasteiger partial charge in [-0.2, -0.15) is 0 Å². The number of hydrogen-bond donors (Lipinski definition) is 3. The van der Waals surface area contributed by atoms with Crippen molar-refractivity contribution in [3.63, 3.8) is 0 Å². The topological polar surface area (TPSA) is 84.2 Å². The van der Waals surface area contributed by atoms with Gasteiger partial charge in [-0.15, -0.1) is 12.4 Å². The summed E-state index contributed by atoms with van der Waals surface area (Å²) in [6.07, 6.45) is 0. The molecule has 1 rings (SSSR count). The summed E-state index contributed by atoms with van der Waals surface area (Å²) in [4.78, 5) is 22.7. The number of benzene rings is 1. The molecule has 5 nitrogen and oxygen atoms in total. The first-order chi connectivity index (χ1) is 8.85. The highest BCUT2D eigenvalue weighted by Gasteiger charge is 2.22. The molecular weight excluding hydrogens is 346 g/mol. The van der Waals surface area contributed by atoms with E-state index in [4.69, 9.17) is 5.73 Å². The van der Waals surface area contributed by atoms with Crippen molar-refractivity contribution >= 4 is 40.2 Å². The summed E-state index contributed by atoms with van der Waals surface area (Å²) in [6.45, 7) is 3.61. The van der Waals surface area contributed by atoms with Crippen molar-refractivity contribution in [2.45, 2.75) is 19.4 Å². The molecule has 0 unspecified atom stereocenters. The molecule has 20 heavy (non-hydrogen) atoms. The first-order valence-corrected chi connectivity index (χ1v) is 6.68. The van der Waals surface area contributed by atoms with Gasteiger partial charge in [0.05, 0.1) is 18.6 Å². The van der Waals surface area contributed by atoms with Crippen molar-refractivity contribution in [3.8, 4) is 0 Å². The third-order valence-corrected chi connectivity index (χ3v) is 3.18. The monoisotopic (exact) mass is 363 g/mol. The van der Waals surface area contributed by atoms with Crippen LogP contribution in [-0.2, 0) is 15.1 Å². The maximum absolute atomic E-state index is 11.7. The smallest absolute Gasteiger partial charge is 0.240 e. The highest BCUT2D eigenvalue weighted by molar-refractivity contribution is 9.10. The van der Waals surface area contributed by atoms with E-state index in [0.717, 1.165) is 10.0 Å². The van der Waals surface area contributed by atoms with Crippen molar-refractivity contribution in [3.05, 3.63) is 34.3 Å². The van der Waals surface area contributed by atoms with Gasteiger partial charge in [0.25, 0.3) is 0 Å². The van der Waals surface area contributed by atoms with Gasteiger partial charge < -0.3 is 16.4 Å². The van der Waals surface area contributed by atoms with Gasteiger partial charge in [0.2, 0.25) is 11.8 Å². The fourth-order valence-corrected chi connectivity index (χ4v) is 1.85. The molecule has 0 spiro atoms. The first kappa shape index (κ1) is 18.9. The third-order valence-electron chi connectivity index (χ3n) is 2.65. The number of amides is 2. The molecule has 0 heterocycles. The summed E-state index contributed by atoms with van der Waals surface area (Å²) in [7, 11) is 0. The molecule has 0 aliphatic carbocycles. The average Bonchev–Trinajstić information content (AvgIpc) is 2.36. The summed E-state index contributed by atoms with van der Waals surface area (Å²) in [5, 5.41) is 5.29. The minimum absolute atomic E-state index is 0. The number of carbonyl (C=O) groups excluding carboxylic acids is 2. The minimum atomic E-state index is -0.509. The number of rotatable bonds is 5. The maximum atomic E-state index is 11.7. The Morgan fingerprint density at radius 2 is 1.75 bits per heavy atom. The van der Waals surface area contributed by atoms with Crippen molar-refractivity contribution in [1.82, 2.24) is 10.6 Å². The second kappa shape index (κ2) is 8.24. The molecule has 0 bridgehead atoms. The average molecular weight is 365 g/mol. The molecule has 0 aromatic heterocycles. The summed E-state index contributed by atoms with van der Waals surface area (Å²) in [6, 6.07) is 7.70. The number of hydrogen-bond acceptors (Lipinski definition) is 3. The minimum Gasteiger partial charge on any atom is -0.346 e. The molecule has 0 atom stereocenters. The van der Waals surface area contributed by atoms with Crippen molar-refractivity contribution < 1.29 is 9.59 Å². The molecule has 112 valence electrons. The lowest BCUT2D eigenvalue weighted by atomic mass is 9.94. The number of halogens is 2. The van der Waals surface area contributed by atoms with E-state index in [9.17, 15) is 9.59 Å². The van der Waals surface area contributed by atoms with Gasteiger partial charge in [-0.3, -0.25) is 9.59 Å². The van der Waals surface area contributed by atoms with Gasteiger partial charge in [0.15, 0.2) is 0 Å². The Balaban J connectivity index is 0.00000361. The number of nitrogens with one attached hydrogen (secondary N) is 2. The molecule has 0 aliphatic heterocycles. The number of carbonyl (C=O) groups is 2. The molecule has 4 N–H and O–H groups in total. The second-order valence-corrected chi connectivity index (χ2v) is 5.58. The van der Waals surface area contributed by atoms with Gasteiger partial charge in [-0.1, -0.05) is 28.1 Å². The molecule has 1 aromatic carbocycles. The quantitative estimate of drug-likeness (QED) is 0.736. The Bertz CT molecular complexity index is 463. The van der Waals surface area contributed by atoms with Crippen LogP contribution in [0.2, 0.25) is 0 Å². The van der Waals surface area contributed by atoms with Crippen LogP contribution in [-0.4, -0.2) is 24.9 Å². The van der Waals surface area contributed by atoms with Crippen LogP contribution in [0.3, 0.4) is 0 Å². The summed E-state index contributed by atoms with van der Waals surface area (Å²) < 4.78 is 0.980. The van der Waals surface area contributed by atoms with E-state index >= 15 is 0 Å². The van der Waals surface area contributed by atoms with Crippen LogP contribution in [0.4, 0.5) is 0 Å². The van der Waals surface area contributed by atoms with Crippen molar-refractivity contribution in [1.29, 1.82) is 0 Å². The van der Waals surface area contributed by atoms with Gasteiger partial charge >= 0.3 is 0 Å². The van der Waals surface area contributed by atoms with Crippen LogP contribution in [0.25, 0.3) is 0 Å². The SMILES string of the molecule is CC(C)(NC(=O)CNC(=O)CN)c1ccc(Br)cc1.Cl. The maximum Gasteiger partial charge on any atom is 0.240 e. The van der Waals surface area contributed by atoms with Crippen LogP contribution in [0.5, 0.6) is 0 Å². The summed E-state index contributed by atoms with van der Waals surface area (Å²) in [5.41, 5.74) is 5.61. The zero-order valence-electron chi connectivity index (χ0n) is 11.4. The van der Waals surface area contributed by atoms with E-state index in [1.54, 1.807) is 0 Å². The van der Waals surface area contributed by atoms with E-state index < -0.39 is 5.54 Å². The van der Waals surface area contributed by atoms with E-state index in [2.05, 4.69) is 26.6 Å². The van der Waals surface area contributed by atoms with E-state index in [0.29, 0.717) is 0 Å². The highest BCUT2D eigenvalue weighted by atomic mass is 79.9. The normalized spacial score (nSPS) is 10.4. The summed E-state index contributed by atoms with van der Waals surface area (Å²) >= 11 is 3.37. The lowest BCUT2D eigenvalue weighted by molar-refractivity contribution is -0.126. The molecule has 0 saturated carbocycles. The fourth-order valence-electron chi connectivity index (χ4n) is 1.58. The molecular formula is C13H19BrClN3O2. The highest BCUT2D eigenvalue weighted by Crippen LogP contribution is 2.21. The van der Waals surface area contributed by atoms with Gasteiger partial charge in [0.1, 0.15) is 0 Å². The largest absolute Gasteiger partial charge is 0.346 e. The Morgan fingerprint density at radius 1 is 1.20 bits per heavy atom. The zero-order chi connectivity index (χ0) is 14.5. The Kier molecular flexibility index (Phi) is 7.78. The van der Waals surface area contributed by atoms with Crippen molar-refractivity contribution in [2.24, 2.45) is 5.73 Å². The van der Waals surface area contributed by atoms with Crippen LogP contribution in [0, 0.1) is 0 Å². The molecule has 1 aromatic rings. The van der Waals surface area contributed by atoms with E-state index in [1.807, 2.05) is 38.1 Å². The predicted molar refractivity (Wildman–Crippen MR) is 84.6 cm³/mol. The first-order valence-electron chi connectivity index (χ1n) is 5.89. The Morgan fingerprint density at radius 3 is 2.25 bits per heavy atom. The van der Waals surface area contributed by atoms with Crippen LogP contribution in [0.15, 0.2) is 28.7 Å². The molecule has 0 saturated heterocycles. The van der Waals surface area contributed by atoms with E-state index in [1.165, 1.54) is 0 Å². The summed E-state index contributed by atoms with van der Waals surface area (Å²) in [5.74, 6) is -0.605. The van der Waals surface area contributed by atoms with Gasteiger partial charge in [-0.25, -0.2) is 0 Å². The molecule has 0 fully saturated rings. The molecule has 2 amide bonds. The Labute approximate surface area is 133 Å². The Hall–Kier alpha value is -1.11. The fraction of sp³-hybridized carbons (Fsp3) is 0.385. The molecule has 0 aliphatic rings. The lowest BCUT2D eigenvalue weighted by Crippen LogP contribution is -2.46. The van der Waals surface area contributed by atoms with Crippen molar-refractivity contribution in [2.75, 3.05) is 13.1 Å². The van der Waals surface area contributed by atoms with Gasteiger partial charge in [-0.05, 0) is 31.5 Å². The lowest BCUT2D eigenvalue weighted by Gasteiger charge is -2.27. The van der Waals surface area contributed by atoms with Crippen LogP contribution >= 0.6 is 28.3 Å². The molecule has 7 heteroatoms. The van der Waals surface area contributed by atoms with E-state index in [-0.39, 0.29) is 37.3 Å². The molecule has 0 radical (unpaired) electrons. The number of nitrogens with two attached hydrogens (primary N) is 1.